The van der Waals surface area contributed by atoms with Crippen molar-refractivity contribution < 1.29 is 13.6 Å². The lowest BCUT2D eigenvalue weighted by molar-refractivity contribution is 0.0594. The summed E-state index contributed by atoms with van der Waals surface area (Å²) in [6, 6.07) is 20.0. The summed E-state index contributed by atoms with van der Waals surface area (Å²) < 4.78 is 30.0. The molecule has 0 aliphatic heterocycles. The number of nitrogens with zero attached hydrogens (tertiary/aromatic N) is 4. The Hall–Kier alpha value is -3.62. The molecule has 6 nitrogen and oxygen atoms in total. The molecule has 0 bridgehead atoms. The standard InChI is InChI=1S/C31H34ClF2N5O/c1-20(2)28(38(16-15-25(35)18-33)31(40)23-11-9-21(3)10-12-23)30-36-29(26-17-24(32)13-14-27(26)34)37-39(30)19-22-7-5-4-6-8-22/h4-14,17,20,25,28H,15-16,18-19,35H2,1-3H3/t25-,28?/m0/s1. The molecule has 0 saturated heterocycles. The number of hydrogen-bond acceptors (Lipinski definition) is 4. The molecular weight excluding hydrogens is 532 g/mol. The number of alkyl halides is 1. The SMILES string of the molecule is Cc1ccc(C(=O)N(CC[C@H](N)CF)C(c2nc(-c3cc(Cl)ccc3F)nn2Cc2ccccc2)C(C)C)cc1. The van der Waals surface area contributed by atoms with Gasteiger partial charge in [-0.3, -0.25) is 4.79 Å². The molecule has 3 aromatic carbocycles. The molecule has 2 N–H and O–H groups in total. The molecule has 210 valence electrons. The number of halogens is 3. The fraction of sp³-hybridized carbons (Fsp3) is 0.323. The number of nitrogens with two attached hydrogens (primary N) is 1. The van der Waals surface area contributed by atoms with Gasteiger partial charge in [0.05, 0.1) is 18.2 Å². The third kappa shape index (κ3) is 6.92. The summed E-state index contributed by atoms with van der Waals surface area (Å²) in [4.78, 5) is 20.5. The minimum atomic E-state index is -0.709. The van der Waals surface area contributed by atoms with Crippen LogP contribution in [-0.4, -0.2) is 44.8 Å². The maximum atomic E-state index is 14.9. The van der Waals surface area contributed by atoms with Gasteiger partial charge in [0.2, 0.25) is 0 Å². The Balaban J connectivity index is 1.85. The van der Waals surface area contributed by atoms with Crippen LogP contribution in [0.1, 0.15) is 53.6 Å². The van der Waals surface area contributed by atoms with Gasteiger partial charge in [0.1, 0.15) is 12.5 Å². The van der Waals surface area contributed by atoms with E-state index in [2.05, 4.69) is 0 Å². The van der Waals surface area contributed by atoms with E-state index in [1.807, 2.05) is 63.2 Å². The second-order valence-corrected chi connectivity index (χ2v) is 10.8. The van der Waals surface area contributed by atoms with Gasteiger partial charge < -0.3 is 10.6 Å². The molecule has 0 radical (unpaired) electrons. The van der Waals surface area contributed by atoms with Crippen LogP contribution in [0, 0.1) is 18.7 Å². The Labute approximate surface area is 238 Å². The number of aromatic nitrogens is 3. The van der Waals surface area contributed by atoms with Crippen LogP contribution < -0.4 is 5.73 Å². The highest BCUT2D eigenvalue weighted by atomic mass is 35.5. The van der Waals surface area contributed by atoms with Gasteiger partial charge >= 0.3 is 0 Å². The molecule has 0 aliphatic carbocycles. The first kappa shape index (κ1) is 29.4. The van der Waals surface area contributed by atoms with E-state index in [1.165, 1.54) is 18.2 Å². The Morgan fingerprint density at radius 2 is 1.77 bits per heavy atom. The lowest BCUT2D eigenvalue weighted by Gasteiger charge is -2.34. The molecule has 40 heavy (non-hydrogen) atoms. The molecule has 0 spiro atoms. The average molecular weight is 566 g/mol. The first-order chi connectivity index (χ1) is 19.2. The van der Waals surface area contributed by atoms with Crippen molar-refractivity contribution >= 4 is 17.5 Å². The zero-order valence-corrected chi connectivity index (χ0v) is 23.7. The third-order valence-electron chi connectivity index (χ3n) is 6.77. The summed E-state index contributed by atoms with van der Waals surface area (Å²) in [5.41, 5.74) is 8.59. The first-order valence-electron chi connectivity index (χ1n) is 13.3. The van der Waals surface area contributed by atoms with E-state index >= 15 is 0 Å². The minimum Gasteiger partial charge on any atom is -0.328 e. The number of carbonyl (C=O) groups excluding carboxylic acids is 1. The van der Waals surface area contributed by atoms with Crippen LogP contribution in [-0.2, 0) is 6.54 Å². The summed E-state index contributed by atoms with van der Waals surface area (Å²) in [7, 11) is 0. The Kier molecular flexibility index (Phi) is 9.66. The van der Waals surface area contributed by atoms with E-state index < -0.39 is 24.6 Å². The van der Waals surface area contributed by atoms with Crippen molar-refractivity contribution in [2.24, 2.45) is 11.7 Å². The molecule has 0 fully saturated rings. The number of aryl methyl sites for hydroxylation is 1. The van der Waals surface area contributed by atoms with E-state index in [-0.39, 0.29) is 36.2 Å². The van der Waals surface area contributed by atoms with Crippen LogP contribution in [0.4, 0.5) is 8.78 Å². The lowest BCUT2D eigenvalue weighted by atomic mass is 9.99. The predicted molar refractivity (Wildman–Crippen MR) is 154 cm³/mol. The first-order valence-corrected chi connectivity index (χ1v) is 13.7. The van der Waals surface area contributed by atoms with Gasteiger partial charge in [-0.1, -0.05) is 73.5 Å². The highest BCUT2D eigenvalue weighted by Gasteiger charge is 2.34. The highest BCUT2D eigenvalue weighted by Crippen LogP contribution is 2.33. The fourth-order valence-electron chi connectivity index (χ4n) is 4.64. The maximum absolute atomic E-state index is 14.9. The molecule has 4 aromatic rings. The summed E-state index contributed by atoms with van der Waals surface area (Å²) in [5, 5.41) is 5.06. The second-order valence-electron chi connectivity index (χ2n) is 10.3. The highest BCUT2D eigenvalue weighted by molar-refractivity contribution is 6.30. The number of hydrogen-bond donors (Lipinski definition) is 1. The van der Waals surface area contributed by atoms with Gasteiger partial charge in [0, 0.05) is 23.2 Å². The summed E-state index contributed by atoms with van der Waals surface area (Å²) in [6.45, 7) is 5.78. The molecule has 1 heterocycles. The van der Waals surface area contributed by atoms with Crippen molar-refractivity contribution in [2.45, 2.75) is 45.8 Å². The predicted octanol–water partition coefficient (Wildman–Crippen LogP) is 6.62. The molecule has 4 rings (SSSR count). The lowest BCUT2D eigenvalue weighted by Crippen LogP contribution is -2.41. The van der Waals surface area contributed by atoms with Crippen molar-refractivity contribution in [2.75, 3.05) is 13.2 Å². The Morgan fingerprint density at radius 1 is 1.07 bits per heavy atom. The van der Waals surface area contributed by atoms with Crippen LogP contribution in [0.15, 0.2) is 72.8 Å². The smallest absolute Gasteiger partial charge is 0.254 e. The second kappa shape index (κ2) is 13.2. The van der Waals surface area contributed by atoms with Gasteiger partial charge in [-0.15, -0.1) is 0 Å². The topological polar surface area (TPSA) is 77.0 Å². The summed E-state index contributed by atoms with van der Waals surface area (Å²) >= 11 is 6.19. The Morgan fingerprint density at radius 3 is 2.42 bits per heavy atom. The van der Waals surface area contributed by atoms with Gasteiger partial charge in [0.15, 0.2) is 11.6 Å². The van der Waals surface area contributed by atoms with Crippen LogP contribution in [0.25, 0.3) is 11.4 Å². The van der Waals surface area contributed by atoms with E-state index in [9.17, 15) is 13.6 Å². The van der Waals surface area contributed by atoms with E-state index in [1.54, 1.807) is 21.7 Å². The van der Waals surface area contributed by atoms with Crippen LogP contribution in [0.5, 0.6) is 0 Å². The number of rotatable bonds is 11. The van der Waals surface area contributed by atoms with E-state index in [4.69, 9.17) is 27.4 Å². The summed E-state index contributed by atoms with van der Waals surface area (Å²) in [5.74, 6) is -0.195. The van der Waals surface area contributed by atoms with Gasteiger partial charge in [-0.2, -0.15) is 5.10 Å². The van der Waals surface area contributed by atoms with Gasteiger partial charge in [-0.05, 0) is 55.2 Å². The van der Waals surface area contributed by atoms with Gasteiger partial charge in [0.25, 0.3) is 5.91 Å². The largest absolute Gasteiger partial charge is 0.328 e. The zero-order valence-electron chi connectivity index (χ0n) is 22.9. The molecule has 1 aromatic heterocycles. The van der Waals surface area contributed by atoms with Crippen molar-refractivity contribution in [3.8, 4) is 11.4 Å². The van der Waals surface area contributed by atoms with Gasteiger partial charge in [-0.25, -0.2) is 18.4 Å². The molecule has 1 amide bonds. The van der Waals surface area contributed by atoms with Crippen molar-refractivity contribution in [3.05, 3.63) is 106 Å². The fourth-order valence-corrected chi connectivity index (χ4v) is 4.81. The van der Waals surface area contributed by atoms with E-state index in [0.717, 1.165) is 11.1 Å². The van der Waals surface area contributed by atoms with Crippen LogP contribution >= 0.6 is 11.6 Å². The maximum Gasteiger partial charge on any atom is 0.254 e. The minimum absolute atomic E-state index is 0.119. The van der Waals surface area contributed by atoms with Crippen molar-refractivity contribution in [1.82, 2.24) is 19.7 Å². The third-order valence-corrected chi connectivity index (χ3v) is 7.01. The molecule has 0 saturated carbocycles. The van der Waals surface area contributed by atoms with Crippen LogP contribution in [0.3, 0.4) is 0 Å². The van der Waals surface area contributed by atoms with Crippen molar-refractivity contribution in [3.63, 3.8) is 0 Å². The monoisotopic (exact) mass is 565 g/mol. The number of benzene rings is 3. The summed E-state index contributed by atoms with van der Waals surface area (Å²) in [6.07, 6.45) is 0.264. The zero-order chi connectivity index (χ0) is 28.8. The molecule has 0 aliphatic rings. The molecule has 2 atom stereocenters. The quantitative estimate of drug-likeness (QED) is 0.222. The molecular formula is C31H34ClF2N5O. The average Bonchev–Trinajstić information content (AvgIpc) is 3.34. The van der Waals surface area contributed by atoms with Crippen molar-refractivity contribution in [1.29, 1.82) is 0 Å². The normalized spacial score (nSPS) is 12.9. The Bertz CT molecular complexity index is 1430. The van der Waals surface area contributed by atoms with Crippen LogP contribution in [0.2, 0.25) is 5.02 Å². The number of amides is 1. The molecule has 1 unspecified atom stereocenters. The van der Waals surface area contributed by atoms with E-state index in [0.29, 0.717) is 23.0 Å². The molecule has 9 heteroatoms. The number of carbonyl (C=O) groups is 1.